The molecule has 2 amide bonds. The van der Waals surface area contributed by atoms with E-state index in [-0.39, 0.29) is 41.2 Å². The van der Waals surface area contributed by atoms with E-state index in [4.69, 9.17) is 5.14 Å². The third-order valence-corrected chi connectivity index (χ3v) is 6.77. The largest absolute Gasteiger partial charge is 0.274 e. The molecule has 2 aromatic carbocycles. The lowest BCUT2D eigenvalue weighted by Crippen LogP contribution is -2.33. The fourth-order valence-electron chi connectivity index (χ4n) is 5.02. The van der Waals surface area contributed by atoms with Gasteiger partial charge < -0.3 is 0 Å². The molecule has 1 saturated heterocycles. The number of anilines is 1. The monoisotopic (exact) mass is 382 g/mol. The van der Waals surface area contributed by atoms with Crippen molar-refractivity contribution >= 4 is 38.3 Å². The number of benzene rings is 2. The summed E-state index contributed by atoms with van der Waals surface area (Å²) in [4.78, 5) is 27.5. The van der Waals surface area contributed by atoms with E-state index in [1.807, 2.05) is 6.07 Å². The second-order valence-corrected chi connectivity index (χ2v) is 9.22. The van der Waals surface area contributed by atoms with Gasteiger partial charge in [0, 0.05) is 5.39 Å². The topological polar surface area (TPSA) is 97.5 Å². The van der Waals surface area contributed by atoms with Gasteiger partial charge in [0.15, 0.2) is 0 Å². The summed E-state index contributed by atoms with van der Waals surface area (Å²) in [5.41, 5.74) is 1.07. The number of imide groups is 1. The zero-order valence-corrected chi connectivity index (χ0v) is 15.2. The quantitative estimate of drug-likeness (QED) is 0.648. The Hall–Kier alpha value is -2.51. The van der Waals surface area contributed by atoms with Crippen molar-refractivity contribution in [3.63, 3.8) is 0 Å². The summed E-state index contributed by atoms with van der Waals surface area (Å²) in [6.45, 7) is 0. The molecular weight excluding hydrogens is 364 g/mol. The molecule has 1 heterocycles. The highest BCUT2D eigenvalue weighted by molar-refractivity contribution is 7.88. The predicted octanol–water partition coefficient (Wildman–Crippen LogP) is 1.94. The standard InChI is InChI=1S/C20H18N2O4S/c21-27(25,26)10-13-7-8-16(15-4-2-1-3-14(13)15)22-19(23)17-11-5-6-12(9-11)18(17)20(22)24/h1-8,11-12,17-18H,9-10H2,(H2,21,25,26). The summed E-state index contributed by atoms with van der Waals surface area (Å²) in [5, 5.41) is 6.57. The van der Waals surface area contributed by atoms with E-state index in [1.165, 1.54) is 4.90 Å². The highest BCUT2D eigenvalue weighted by atomic mass is 32.2. The van der Waals surface area contributed by atoms with E-state index < -0.39 is 10.0 Å². The number of nitrogens with two attached hydrogens (primary N) is 1. The normalized spacial score (nSPS) is 29.1. The maximum absolute atomic E-state index is 13.1. The number of primary sulfonamides is 1. The van der Waals surface area contributed by atoms with E-state index >= 15 is 0 Å². The van der Waals surface area contributed by atoms with Crippen LogP contribution in [0.4, 0.5) is 5.69 Å². The van der Waals surface area contributed by atoms with Crippen LogP contribution in [0.1, 0.15) is 12.0 Å². The molecule has 2 aromatic rings. The third kappa shape index (κ3) is 2.38. The van der Waals surface area contributed by atoms with Gasteiger partial charge in [0.1, 0.15) is 0 Å². The van der Waals surface area contributed by atoms with Gasteiger partial charge in [-0.2, -0.15) is 0 Å². The molecule has 5 rings (SSSR count). The number of fused-ring (bicyclic) bond motifs is 6. The van der Waals surface area contributed by atoms with Crippen molar-refractivity contribution < 1.29 is 18.0 Å². The minimum Gasteiger partial charge on any atom is -0.274 e. The zero-order valence-electron chi connectivity index (χ0n) is 14.4. The first kappa shape index (κ1) is 16.6. The highest BCUT2D eigenvalue weighted by Crippen LogP contribution is 2.53. The van der Waals surface area contributed by atoms with Gasteiger partial charge in [0.25, 0.3) is 0 Å². The smallest absolute Gasteiger partial charge is 0.238 e. The minimum atomic E-state index is -3.70. The van der Waals surface area contributed by atoms with Crippen molar-refractivity contribution in [2.24, 2.45) is 28.8 Å². The van der Waals surface area contributed by atoms with Gasteiger partial charge in [-0.25, -0.2) is 18.5 Å². The molecule has 27 heavy (non-hydrogen) atoms. The van der Waals surface area contributed by atoms with Crippen molar-refractivity contribution in [3.8, 4) is 0 Å². The van der Waals surface area contributed by atoms with Crippen molar-refractivity contribution in [2.75, 3.05) is 4.90 Å². The van der Waals surface area contributed by atoms with E-state index in [0.29, 0.717) is 22.0 Å². The maximum atomic E-state index is 13.1. The van der Waals surface area contributed by atoms with Crippen molar-refractivity contribution in [1.29, 1.82) is 0 Å². The fraction of sp³-hybridized carbons (Fsp3) is 0.300. The van der Waals surface area contributed by atoms with Crippen LogP contribution in [0.2, 0.25) is 0 Å². The van der Waals surface area contributed by atoms with Crippen LogP contribution in [0, 0.1) is 23.7 Å². The molecule has 2 bridgehead atoms. The zero-order chi connectivity index (χ0) is 18.9. The van der Waals surface area contributed by atoms with Gasteiger partial charge in [-0.3, -0.25) is 9.59 Å². The first-order valence-corrected chi connectivity index (χ1v) is 10.6. The Morgan fingerprint density at radius 3 is 2.11 bits per heavy atom. The first-order chi connectivity index (χ1) is 12.8. The Morgan fingerprint density at radius 2 is 1.52 bits per heavy atom. The molecule has 0 radical (unpaired) electrons. The van der Waals surface area contributed by atoms with E-state index in [9.17, 15) is 18.0 Å². The van der Waals surface area contributed by atoms with Gasteiger partial charge in [-0.05, 0) is 35.3 Å². The molecule has 1 aliphatic heterocycles. The Kier molecular flexibility index (Phi) is 3.39. The van der Waals surface area contributed by atoms with Crippen LogP contribution in [-0.2, 0) is 25.4 Å². The van der Waals surface area contributed by atoms with Gasteiger partial charge in [0.2, 0.25) is 21.8 Å². The van der Waals surface area contributed by atoms with Crippen LogP contribution in [0.3, 0.4) is 0 Å². The number of hydrogen-bond donors (Lipinski definition) is 1. The van der Waals surface area contributed by atoms with Gasteiger partial charge >= 0.3 is 0 Å². The Balaban J connectivity index is 1.64. The van der Waals surface area contributed by atoms with Crippen molar-refractivity contribution in [3.05, 3.63) is 54.1 Å². The predicted molar refractivity (Wildman–Crippen MR) is 101 cm³/mol. The Bertz CT molecular complexity index is 1110. The minimum absolute atomic E-state index is 0.147. The number of nitrogens with zero attached hydrogens (tertiary/aromatic N) is 1. The molecule has 2 aliphatic carbocycles. The Morgan fingerprint density at radius 1 is 0.926 bits per heavy atom. The number of sulfonamides is 1. The lowest BCUT2D eigenvalue weighted by Gasteiger charge is -2.20. The molecule has 0 aromatic heterocycles. The molecule has 4 unspecified atom stereocenters. The second-order valence-electron chi connectivity index (χ2n) is 7.61. The summed E-state index contributed by atoms with van der Waals surface area (Å²) in [6, 6.07) is 10.5. The summed E-state index contributed by atoms with van der Waals surface area (Å²) < 4.78 is 23.1. The number of carbonyl (C=O) groups is 2. The van der Waals surface area contributed by atoms with E-state index in [0.717, 1.165) is 6.42 Å². The summed E-state index contributed by atoms with van der Waals surface area (Å²) >= 11 is 0. The van der Waals surface area contributed by atoms with E-state index in [2.05, 4.69) is 12.2 Å². The molecule has 2 N–H and O–H groups in total. The molecule has 1 saturated carbocycles. The average molecular weight is 382 g/mol. The highest BCUT2D eigenvalue weighted by Gasteiger charge is 2.59. The molecule has 138 valence electrons. The number of rotatable bonds is 3. The fourth-order valence-corrected chi connectivity index (χ4v) is 5.71. The van der Waals surface area contributed by atoms with E-state index in [1.54, 1.807) is 30.3 Å². The lowest BCUT2D eigenvalue weighted by atomic mass is 9.85. The Labute approximate surface area is 156 Å². The van der Waals surface area contributed by atoms with Crippen LogP contribution >= 0.6 is 0 Å². The van der Waals surface area contributed by atoms with Crippen LogP contribution in [0.5, 0.6) is 0 Å². The molecule has 4 atom stereocenters. The maximum Gasteiger partial charge on any atom is 0.238 e. The van der Waals surface area contributed by atoms with Crippen molar-refractivity contribution in [1.82, 2.24) is 0 Å². The molecular formula is C20H18N2O4S. The summed E-state index contributed by atoms with van der Waals surface area (Å²) in [5.74, 6) is -0.832. The lowest BCUT2D eigenvalue weighted by molar-refractivity contribution is -0.123. The molecule has 6 nitrogen and oxygen atoms in total. The second kappa shape index (κ2) is 5.50. The molecule has 0 spiro atoms. The van der Waals surface area contributed by atoms with Gasteiger partial charge in [0.05, 0.1) is 23.3 Å². The molecule has 3 aliphatic rings. The molecule has 7 heteroatoms. The number of carbonyl (C=O) groups excluding carboxylic acids is 2. The van der Waals surface area contributed by atoms with Gasteiger partial charge in [-0.1, -0.05) is 42.5 Å². The third-order valence-electron chi connectivity index (χ3n) is 6.06. The van der Waals surface area contributed by atoms with Gasteiger partial charge in [-0.15, -0.1) is 0 Å². The molecule has 2 fully saturated rings. The number of allylic oxidation sites excluding steroid dienone is 2. The van der Waals surface area contributed by atoms with Crippen LogP contribution in [-0.4, -0.2) is 20.2 Å². The average Bonchev–Trinajstić information content (AvgIpc) is 3.29. The van der Waals surface area contributed by atoms with Crippen molar-refractivity contribution in [2.45, 2.75) is 12.2 Å². The van der Waals surface area contributed by atoms with Crippen LogP contribution in [0.15, 0.2) is 48.6 Å². The SMILES string of the molecule is NS(=O)(=O)Cc1ccc(N2C(=O)C3C4C=CC(C4)C3C2=O)c2ccccc12. The summed E-state index contributed by atoms with van der Waals surface area (Å²) in [6.07, 6.45) is 5.01. The van der Waals surface area contributed by atoms with Crippen LogP contribution in [0.25, 0.3) is 10.8 Å². The number of hydrogen-bond acceptors (Lipinski definition) is 4. The number of amides is 2. The van der Waals surface area contributed by atoms with Crippen LogP contribution < -0.4 is 10.0 Å². The first-order valence-electron chi connectivity index (χ1n) is 8.92. The summed E-state index contributed by atoms with van der Waals surface area (Å²) in [7, 11) is -3.70.